The molecule has 1 aromatic rings. The van der Waals surface area contributed by atoms with E-state index in [0.29, 0.717) is 6.61 Å². The van der Waals surface area contributed by atoms with Crippen LogP contribution in [0.4, 0.5) is 4.79 Å². The molecule has 1 aromatic carbocycles. The fourth-order valence-corrected chi connectivity index (χ4v) is 1.25. The number of carbonyl (C=O) groups is 1. The molecular weight excluding hydrogens is 202 g/mol. The van der Waals surface area contributed by atoms with E-state index in [1.54, 1.807) is 0 Å². The molecule has 0 saturated heterocycles. The molecule has 1 rings (SSSR count). The number of ether oxygens (including phenoxy) is 1. The predicted molar refractivity (Wildman–Crippen MR) is 63.8 cm³/mol. The van der Waals surface area contributed by atoms with Gasteiger partial charge in [-0.25, -0.2) is 4.79 Å². The average Bonchev–Trinajstić information content (AvgIpc) is 2.34. The molecule has 0 aromatic heterocycles. The van der Waals surface area contributed by atoms with Crippen molar-refractivity contribution in [3.63, 3.8) is 0 Å². The summed E-state index contributed by atoms with van der Waals surface area (Å²) in [5.74, 6) is 0. The lowest BCUT2D eigenvalue weighted by atomic mass is 10.2. The van der Waals surface area contributed by atoms with E-state index in [9.17, 15) is 4.79 Å². The Morgan fingerprint density at radius 1 is 1.38 bits per heavy atom. The molecule has 0 spiro atoms. The number of hydrogen-bond acceptors (Lipinski definition) is 2. The Morgan fingerprint density at radius 3 is 2.62 bits per heavy atom. The second-order valence-electron chi connectivity index (χ2n) is 3.35. The van der Waals surface area contributed by atoms with Crippen molar-refractivity contribution in [3.05, 3.63) is 47.7 Å². The summed E-state index contributed by atoms with van der Waals surface area (Å²) in [6.45, 7) is 4.16. The molecule has 1 amide bonds. The summed E-state index contributed by atoms with van der Waals surface area (Å²) in [6.07, 6.45) is 2.25. The number of allylic oxidation sites excluding steroid dienone is 2. The van der Waals surface area contributed by atoms with Gasteiger partial charge in [0.2, 0.25) is 0 Å². The molecule has 0 heterocycles. The number of carbonyl (C=O) groups excluding carboxylic acids is 1. The Bertz CT molecular complexity index is 357. The van der Waals surface area contributed by atoms with Gasteiger partial charge in [0, 0.05) is 5.70 Å². The molecule has 0 saturated carbocycles. The number of alkyl carbamates (subject to hydrolysis) is 1. The van der Waals surface area contributed by atoms with E-state index in [0.717, 1.165) is 17.7 Å². The van der Waals surface area contributed by atoms with Crippen molar-refractivity contribution < 1.29 is 9.53 Å². The molecule has 1 N–H and O–H groups in total. The zero-order valence-corrected chi connectivity index (χ0v) is 9.69. The summed E-state index contributed by atoms with van der Waals surface area (Å²) < 4.78 is 5.07. The maximum absolute atomic E-state index is 11.4. The Labute approximate surface area is 96.1 Å². The first-order valence-corrected chi connectivity index (χ1v) is 5.39. The molecule has 0 atom stereocenters. The fraction of sp³-hybridized carbons (Fsp3) is 0.308. The normalized spacial score (nSPS) is 11.0. The number of benzene rings is 1. The second kappa shape index (κ2) is 6.67. The van der Waals surface area contributed by atoms with Crippen LogP contribution in [0.2, 0.25) is 0 Å². The standard InChI is InChI=1S/C13H17NO2/c1-3-12(4-2)14-13(15)16-10-11-8-6-5-7-9-11/h3,5-9H,4,10H2,1-2H3,(H,14,15)/b12-3-. The molecule has 0 radical (unpaired) electrons. The largest absolute Gasteiger partial charge is 0.444 e. The van der Waals surface area contributed by atoms with Crippen LogP contribution in [0.1, 0.15) is 25.8 Å². The average molecular weight is 219 g/mol. The Kier molecular flexibility index (Phi) is 5.12. The van der Waals surface area contributed by atoms with E-state index in [-0.39, 0.29) is 0 Å². The molecule has 3 nitrogen and oxygen atoms in total. The van der Waals surface area contributed by atoms with Crippen molar-refractivity contribution in [1.82, 2.24) is 5.32 Å². The third-order valence-electron chi connectivity index (χ3n) is 2.20. The van der Waals surface area contributed by atoms with Crippen LogP contribution in [-0.2, 0) is 11.3 Å². The predicted octanol–water partition coefficient (Wildman–Crippen LogP) is 3.23. The van der Waals surface area contributed by atoms with E-state index < -0.39 is 6.09 Å². The van der Waals surface area contributed by atoms with Crippen molar-refractivity contribution in [1.29, 1.82) is 0 Å². The van der Waals surface area contributed by atoms with Gasteiger partial charge in [-0.05, 0) is 18.9 Å². The molecule has 0 aliphatic rings. The minimum absolute atomic E-state index is 0.299. The van der Waals surface area contributed by atoms with Crippen LogP contribution < -0.4 is 5.32 Å². The minimum Gasteiger partial charge on any atom is -0.444 e. The number of hydrogen-bond donors (Lipinski definition) is 1. The molecule has 0 aliphatic heterocycles. The third kappa shape index (κ3) is 4.17. The Balaban J connectivity index is 2.36. The highest BCUT2D eigenvalue weighted by Crippen LogP contribution is 2.01. The van der Waals surface area contributed by atoms with E-state index >= 15 is 0 Å². The lowest BCUT2D eigenvalue weighted by molar-refractivity contribution is 0.142. The van der Waals surface area contributed by atoms with Crippen molar-refractivity contribution in [2.45, 2.75) is 26.9 Å². The zero-order chi connectivity index (χ0) is 11.8. The number of amides is 1. The highest BCUT2D eigenvalue weighted by molar-refractivity contribution is 5.69. The second-order valence-corrected chi connectivity index (χ2v) is 3.35. The fourth-order valence-electron chi connectivity index (χ4n) is 1.25. The summed E-state index contributed by atoms with van der Waals surface area (Å²) in [7, 11) is 0. The first-order valence-electron chi connectivity index (χ1n) is 5.39. The van der Waals surface area contributed by atoms with Crippen LogP contribution in [0.15, 0.2) is 42.1 Å². The van der Waals surface area contributed by atoms with Gasteiger partial charge in [0.1, 0.15) is 6.61 Å². The van der Waals surface area contributed by atoms with Crippen molar-refractivity contribution >= 4 is 6.09 Å². The van der Waals surface area contributed by atoms with Gasteiger partial charge in [-0.1, -0.05) is 43.3 Å². The summed E-state index contributed by atoms with van der Waals surface area (Å²) >= 11 is 0. The van der Waals surface area contributed by atoms with Crippen LogP contribution in [0.3, 0.4) is 0 Å². The molecule has 0 unspecified atom stereocenters. The lowest BCUT2D eigenvalue weighted by Crippen LogP contribution is -2.23. The van der Waals surface area contributed by atoms with E-state index in [4.69, 9.17) is 4.74 Å². The van der Waals surface area contributed by atoms with Crippen LogP contribution in [-0.4, -0.2) is 6.09 Å². The molecule has 0 bridgehead atoms. The van der Waals surface area contributed by atoms with E-state index in [1.807, 2.05) is 50.3 Å². The van der Waals surface area contributed by atoms with Gasteiger partial charge in [-0.15, -0.1) is 0 Å². The van der Waals surface area contributed by atoms with Crippen molar-refractivity contribution in [3.8, 4) is 0 Å². The third-order valence-corrected chi connectivity index (χ3v) is 2.20. The zero-order valence-electron chi connectivity index (χ0n) is 9.69. The number of nitrogens with one attached hydrogen (secondary N) is 1. The van der Waals surface area contributed by atoms with Crippen LogP contribution in [0, 0.1) is 0 Å². The smallest absolute Gasteiger partial charge is 0.411 e. The van der Waals surface area contributed by atoms with Crippen molar-refractivity contribution in [2.75, 3.05) is 0 Å². The maximum atomic E-state index is 11.4. The first kappa shape index (κ1) is 12.3. The summed E-state index contributed by atoms with van der Waals surface area (Å²) in [5.41, 5.74) is 1.86. The van der Waals surface area contributed by atoms with E-state index in [2.05, 4.69) is 5.32 Å². The molecule has 0 fully saturated rings. The molecular formula is C13H17NO2. The molecule has 0 aliphatic carbocycles. The summed E-state index contributed by atoms with van der Waals surface area (Å²) in [5, 5.41) is 2.69. The van der Waals surface area contributed by atoms with E-state index in [1.165, 1.54) is 0 Å². The van der Waals surface area contributed by atoms with Gasteiger partial charge in [-0.3, -0.25) is 5.32 Å². The monoisotopic (exact) mass is 219 g/mol. The van der Waals surface area contributed by atoms with Crippen LogP contribution in [0.25, 0.3) is 0 Å². The SMILES string of the molecule is C/C=C(/CC)NC(=O)OCc1ccccc1. The highest BCUT2D eigenvalue weighted by atomic mass is 16.5. The Morgan fingerprint density at radius 2 is 2.06 bits per heavy atom. The van der Waals surface area contributed by atoms with Gasteiger partial charge in [0.05, 0.1) is 0 Å². The topological polar surface area (TPSA) is 38.3 Å². The van der Waals surface area contributed by atoms with Gasteiger partial charge in [-0.2, -0.15) is 0 Å². The van der Waals surface area contributed by atoms with Crippen LogP contribution in [0.5, 0.6) is 0 Å². The molecule has 86 valence electrons. The van der Waals surface area contributed by atoms with Gasteiger partial charge in [0.25, 0.3) is 0 Å². The van der Waals surface area contributed by atoms with Gasteiger partial charge >= 0.3 is 6.09 Å². The quantitative estimate of drug-likeness (QED) is 0.844. The minimum atomic E-state index is -0.404. The van der Waals surface area contributed by atoms with Crippen molar-refractivity contribution in [2.24, 2.45) is 0 Å². The summed E-state index contributed by atoms with van der Waals surface area (Å²) in [6, 6.07) is 9.60. The van der Waals surface area contributed by atoms with Gasteiger partial charge < -0.3 is 4.74 Å². The summed E-state index contributed by atoms with van der Waals surface area (Å²) in [4.78, 5) is 11.4. The number of rotatable bonds is 4. The molecule has 16 heavy (non-hydrogen) atoms. The lowest BCUT2D eigenvalue weighted by Gasteiger charge is -2.08. The maximum Gasteiger partial charge on any atom is 0.411 e. The highest BCUT2D eigenvalue weighted by Gasteiger charge is 2.03. The Hall–Kier alpha value is -1.77. The first-order chi connectivity index (χ1) is 7.76. The van der Waals surface area contributed by atoms with Crippen LogP contribution >= 0.6 is 0 Å². The molecule has 3 heteroatoms. The van der Waals surface area contributed by atoms with Gasteiger partial charge in [0.15, 0.2) is 0 Å².